The smallest absolute Gasteiger partial charge is 0.263 e. The Morgan fingerprint density at radius 3 is 2.31 bits per heavy atom. The molecule has 4 bridgehead atoms. The second-order valence-corrected chi connectivity index (χ2v) is 8.78. The Balaban J connectivity index is 1.39. The molecule has 2 heterocycles. The molecule has 1 saturated heterocycles. The number of rotatable bonds is 3. The summed E-state index contributed by atoms with van der Waals surface area (Å²) in [6.07, 6.45) is 9.24. The van der Waals surface area contributed by atoms with Gasteiger partial charge in [-0.2, -0.15) is 0 Å². The molecule has 5 aliphatic rings. The van der Waals surface area contributed by atoms with E-state index in [1.807, 2.05) is 0 Å². The van der Waals surface area contributed by atoms with Crippen molar-refractivity contribution in [1.82, 2.24) is 20.6 Å². The molecule has 1 aliphatic heterocycles. The molecule has 138 valence electrons. The van der Waals surface area contributed by atoms with Gasteiger partial charge >= 0.3 is 0 Å². The van der Waals surface area contributed by atoms with Gasteiger partial charge in [0.2, 0.25) is 5.91 Å². The first-order valence-electron chi connectivity index (χ1n) is 9.71. The number of hydrogen-bond donors (Lipinski definition) is 3. The van der Waals surface area contributed by atoms with Crippen LogP contribution >= 0.6 is 0 Å². The maximum absolute atomic E-state index is 12.6. The fraction of sp³-hybridized carbons (Fsp3) is 0.684. The number of H-pyrrole nitrogens is 1. The van der Waals surface area contributed by atoms with E-state index in [-0.39, 0.29) is 16.9 Å². The highest BCUT2D eigenvalue weighted by molar-refractivity contribution is 5.97. The van der Waals surface area contributed by atoms with Gasteiger partial charge in [0.15, 0.2) is 0 Å². The monoisotopic (exact) mass is 356 g/mol. The SMILES string of the molecule is O=C(N[C@@H]1CCNC1=O)c1cnc(C23CC4CC(CC(C4)C2)C3)[nH]c1=O. The largest absolute Gasteiger partial charge is 0.354 e. The third kappa shape index (κ3) is 2.47. The highest BCUT2D eigenvalue weighted by Crippen LogP contribution is 2.59. The second kappa shape index (κ2) is 5.66. The summed E-state index contributed by atoms with van der Waals surface area (Å²) in [5, 5.41) is 5.30. The lowest BCUT2D eigenvalue weighted by Crippen LogP contribution is -2.50. The highest BCUT2D eigenvalue weighted by atomic mass is 16.2. The van der Waals surface area contributed by atoms with E-state index in [1.54, 1.807) is 0 Å². The Morgan fingerprint density at radius 2 is 1.77 bits per heavy atom. The number of nitrogens with zero attached hydrogens (tertiary/aromatic N) is 1. The summed E-state index contributed by atoms with van der Waals surface area (Å²) in [5.41, 5.74) is -0.423. The zero-order chi connectivity index (χ0) is 17.9. The number of hydrogen-bond acceptors (Lipinski definition) is 4. The Labute approximate surface area is 151 Å². The zero-order valence-electron chi connectivity index (χ0n) is 14.7. The number of aromatic nitrogens is 2. The van der Waals surface area contributed by atoms with Crippen LogP contribution in [0, 0.1) is 17.8 Å². The molecule has 1 aromatic rings. The van der Waals surface area contributed by atoms with E-state index in [1.165, 1.54) is 25.5 Å². The predicted octanol–water partition coefficient (Wildman–Crippen LogP) is 0.856. The van der Waals surface area contributed by atoms with Crippen LogP contribution in [0.15, 0.2) is 11.0 Å². The first-order valence-corrected chi connectivity index (χ1v) is 9.71. The van der Waals surface area contributed by atoms with Crippen molar-refractivity contribution in [2.45, 2.75) is 56.4 Å². The van der Waals surface area contributed by atoms with Crippen molar-refractivity contribution >= 4 is 11.8 Å². The van der Waals surface area contributed by atoms with Crippen molar-refractivity contribution in [3.8, 4) is 0 Å². The molecule has 26 heavy (non-hydrogen) atoms. The van der Waals surface area contributed by atoms with Crippen molar-refractivity contribution in [3.05, 3.63) is 27.9 Å². The van der Waals surface area contributed by atoms with Crippen molar-refractivity contribution < 1.29 is 9.59 Å². The van der Waals surface area contributed by atoms with Gasteiger partial charge in [-0.05, 0) is 62.7 Å². The Hall–Kier alpha value is -2.18. The summed E-state index contributed by atoms with van der Waals surface area (Å²) in [5.74, 6) is 2.31. The molecule has 0 unspecified atom stereocenters. The second-order valence-electron chi connectivity index (χ2n) is 8.78. The van der Waals surface area contributed by atoms with Crippen LogP contribution < -0.4 is 16.2 Å². The van der Waals surface area contributed by atoms with Gasteiger partial charge < -0.3 is 15.6 Å². The minimum atomic E-state index is -0.565. The summed E-state index contributed by atoms with van der Waals surface area (Å²) < 4.78 is 0. The van der Waals surface area contributed by atoms with Crippen LogP contribution in [0.3, 0.4) is 0 Å². The lowest BCUT2D eigenvalue weighted by molar-refractivity contribution is -0.120. The summed E-state index contributed by atoms with van der Waals surface area (Å²) in [7, 11) is 0. The van der Waals surface area contributed by atoms with Crippen LogP contribution in [0.4, 0.5) is 0 Å². The molecule has 3 N–H and O–H groups in total. The first-order chi connectivity index (χ1) is 12.5. The van der Waals surface area contributed by atoms with Crippen LogP contribution in [0.2, 0.25) is 0 Å². The molecular weight excluding hydrogens is 332 g/mol. The third-order valence-corrected chi connectivity index (χ3v) is 6.94. The van der Waals surface area contributed by atoms with E-state index >= 15 is 0 Å². The lowest BCUT2D eigenvalue weighted by atomic mass is 9.49. The number of carbonyl (C=O) groups excluding carboxylic acids is 2. The standard InChI is InChI=1S/C19H24N4O3/c24-15(22-14-1-2-20-17(14)26)13-9-21-18(23-16(13)25)19-6-10-3-11(7-19)5-12(4-10)8-19/h9-12,14H,1-8H2,(H,20,26)(H,22,24)(H,21,23,25)/t10?,11?,12?,14-,19?/m1/s1. The number of aromatic amines is 1. The van der Waals surface area contributed by atoms with Crippen molar-refractivity contribution in [1.29, 1.82) is 0 Å². The van der Waals surface area contributed by atoms with Crippen LogP contribution in [0.1, 0.15) is 61.1 Å². The predicted molar refractivity (Wildman–Crippen MR) is 93.6 cm³/mol. The van der Waals surface area contributed by atoms with E-state index in [0.29, 0.717) is 13.0 Å². The molecule has 5 fully saturated rings. The molecule has 1 atom stereocenters. The molecule has 7 nitrogen and oxygen atoms in total. The highest BCUT2D eigenvalue weighted by Gasteiger charge is 2.53. The minimum Gasteiger partial charge on any atom is -0.354 e. The van der Waals surface area contributed by atoms with E-state index in [0.717, 1.165) is 42.8 Å². The topological polar surface area (TPSA) is 104 Å². The van der Waals surface area contributed by atoms with Crippen LogP contribution in [0.25, 0.3) is 0 Å². The molecule has 6 rings (SSSR count). The summed E-state index contributed by atoms with van der Waals surface area (Å²) >= 11 is 0. The van der Waals surface area contributed by atoms with Crippen LogP contribution in [-0.2, 0) is 10.2 Å². The molecule has 4 aliphatic carbocycles. The van der Waals surface area contributed by atoms with Crippen LogP contribution in [0.5, 0.6) is 0 Å². The number of nitrogens with one attached hydrogen (secondary N) is 3. The molecule has 0 radical (unpaired) electrons. The summed E-state index contributed by atoms with van der Waals surface area (Å²) in [6, 6.07) is -0.565. The fourth-order valence-electron chi connectivity index (χ4n) is 6.19. The molecule has 1 aromatic heterocycles. The zero-order valence-corrected chi connectivity index (χ0v) is 14.7. The Kier molecular flexibility index (Phi) is 3.49. The van der Waals surface area contributed by atoms with Gasteiger partial charge in [-0.3, -0.25) is 14.4 Å². The number of carbonyl (C=O) groups is 2. The fourth-order valence-corrected chi connectivity index (χ4v) is 6.19. The third-order valence-electron chi connectivity index (χ3n) is 6.94. The Morgan fingerprint density at radius 1 is 1.12 bits per heavy atom. The van der Waals surface area contributed by atoms with Crippen molar-refractivity contribution in [2.75, 3.05) is 6.54 Å². The molecule has 4 saturated carbocycles. The minimum absolute atomic E-state index is 0.00570. The quantitative estimate of drug-likeness (QED) is 0.747. The van der Waals surface area contributed by atoms with Gasteiger partial charge in [-0.1, -0.05) is 0 Å². The lowest BCUT2D eigenvalue weighted by Gasteiger charge is -2.56. The van der Waals surface area contributed by atoms with Gasteiger partial charge in [-0.25, -0.2) is 4.98 Å². The summed E-state index contributed by atoms with van der Waals surface area (Å²) in [6.45, 7) is 0.545. The average Bonchev–Trinajstić information content (AvgIpc) is 2.98. The van der Waals surface area contributed by atoms with E-state index in [4.69, 9.17) is 0 Å². The van der Waals surface area contributed by atoms with Crippen LogP contribution in [-0.4, -0.2) is 34.4 Å². The Bertz CT molecular complexity index is 795. The molecule has 0 spiro atoms. The molecule has 2 amide bonds. The van der Waals surface area contributed by atoms with Gasteiger partial charge in [0.1, 0.15) is 17.4 Å². The van der Waals surface area contributed by atoms with Gasteiger partial charge in [0.25, 0.3) is 11.5 Å². The first kappa shape index (κ1) is 16.0. The molecule has 7 heteroatoms. The van der Waals surface area contributed by atoms with Gasteiger partial charge in [0.05, 0.1) is 0 Å². The normalized spacial score (nSPS) is 37.6. The van der Waals surface area contributed by atoms with Gasteiger partial charge in [0, 0.05) is 18.2 Å². The van der Waals surface area contributed by atoms with Crippen molar-refractivity contribution in [3.63, 3.8) is 0 Å². The number of amides is 2. The molecular formula is C19H24N4O3. The maximum Gasteiger partial charge on any atom is 0.263 e. The summed E-state index contributed by atoms with van der Waals surface area (Å²) in [4.78, 5) is 44.0. The van der Waals surface area contributed by atoms with Gasteiger partial charge in [-0.15, -0.1) is 0 Å². The van der Waals surface area contributed by atoms with Crippen molar-refractivity contribution in [2.24, 2.45) is 17.8 Å². The maximum atomic E-state index is 12.6. The molecule has 0 aromatic carbocycles. The van der Waals surface area contributed by atoms with E-state index in [9.17, 15) is 14.4 Å². The average molecular weight is 356 g/mol. The van der Waals surface area contributed by atoms with E-state index in [2.05, 4.69) is 20.6 Å². The van der Waals surface area contributed by atoms with E-state index < -0.39 is 17.5 Å².